The van der Waals surface area contributed by atoms with Crippen LogP contribution in [0.1, 0.15) is 22.9 Å². The molecule has 0 aliphatic rings. The van der Waals surface area contributed by atoms with Crippen molar-refractivity contribution in [1.29, 1.82) is 0 Å². The minimum absolute atomic E-state index is 0.338. The van der Waals surface area contributed by atoms with Crippen molar-refractivity contribution in [2.24, 2.45) is 7.05 Å². The van der Waals surface area contributed by atoms with Gasteiger partial charge in [-0.3, -0.25) is 4.68 Å². The van der Waals surface area contributed by atoms with Gasteiger partial charge in [-0.15, -0.1) is 0 Å². The van der Waals surface area contributed by atoms with Gasteiger partial charge in [0.25, 0.3) is 0 Å². The molecule has 2 aromatic rings. The Hall–Kier alpha value is -1.39. The number of halogens is 2. The number of aromatic nitrogens is 2. The molecule has 0 aliphatic heterocycles. The Kier molecular flexibility index (Phi) is 3.17. The molecule has 5 heteroatoms. The molecule has 1 atom stereocenters. The van der Waals surface area contributed by atoms with E-state index in [0.29, 0.717) is 22.0 Å². The van der Waals surface area contributed by atoms with Gasteiger partial charge in [0.05, 0.1) is 5.69 Å². The van der Waals surface area contributed by atoms with E-state index in [-0.39, 0.29) is 5.82 Å². The van der Waals surface area contributed by atoms with Gasteiger partial charge in [-0.25, -0.2) is 4.39 Å². The van der Waals surface area contributed by atoms with Gasteiger partial charge in [0.2, 0.25) is 0 Å². The van der Waals surface area contributed by atoms with Crippen molar-refractivity contribution in [3.05, 3.63) is 52.1 Å². The average Bonchev–Trinajstić information content (AvgIpc) is 2.53. The normalized spacial score (nSPS) is 12.8. The molecule has 2 rings (SSSR count). The molecule has 0 bridgehead atoms. The summed E-state index contributed by atoms with van der Waals surface area (Å²) >= 11 is 6.06. The van der Waals surface area contributed by atoms with Crippen LogP contribution in [0.4, 0.5) is 4.39 Å². The Morgan fingerprint density at radius 1 is 1.35 bits per heavy atom. The molecule has 0 aliphatic carbocycles. The number of nitrogens with zero attached hydrogens (tertiary/aromatic N) is 2. The summed E-state index contributed by atoms with van der Waals surface area (Å²) in [5, 5.41) is 14.7. The van der Waals surface area contributed by atoms with E-state index >= 15 is 0 Å². The van der Waals surface area contributed by atoms with Gasteiger partial charge in [-0.1, -0.05) is 23.7 Å². The van der Waals surface area contributed by atoms with Crippen molar-refractivity contribution in [2.45, 2.75) is 13.0 Å². The Bertz CT molecular complexity index is 536. The molecule has 3 nitrogen and oxygen atoms in total. The summed E-state index contributed by atoms with van der Waals surface area (Å²) in [5.74, 6) is -0.338. The Morgan fingerprint density at radius 3 is 2.41 bits per heavy atom. The fourth-order valence-corrected chi connectivity index (χ4v) is 2.05. The average molecular weight is 255 g/mol. The summed E-state index contributed by atoms with van der Waals surface area (Å²) in [7, 11) is 1.70. The molecule has 1 heterocycles. The minimum atomic E-state index is -0.892. The Labute approximate surface area is 103 Å². The van der Waals surface area contributed by atoms with Crippen LogP contribution < -0.4 is 0 Å². The molecular formula is C12H12ClFN2O. The molecule has 1 aromatic heterocycles. The van der Waals surface area contributed by atoms with Crippen LogP contribution in [0.15, 0.2) is 24.3 Å². The summed E-state index contributed by atoms with van der Waals surface area (Å²) < 4.78 is 14.3. The molecule has 0 radical (unpaired) electrons. The summed E-state index contributed by atoms with van der Waals surface area (Å²) in [6, 6.07) is 5.67. The van der Waals surface area contributed by atoms with Gasteiger partial charge >= 0.3 is 0 Å². The first-order valence-corrected chi connectivity index (χ1v) is 5.51. The maximum atomic E-state index is 12.8. The Balaban J connectivity index is 2.43. The van der Waals surface area contributed by atoms with Crippen LogP contribution in [0.5, 0.6) is 0 Å². The third-order valence-corrected chi connectivity index (χ3v) is 3.10. The van der Waals surface area contributed by atoms with Crippen LogP contribution in [0.2, 0.25) is 5.15 Å². The maximum Gasteiger partial charge on any atom is 0.133 e. The summed E-state index contributed by atoms with van der Waals surface area (Å²) in [5.41, 5.74) is 1.81. The van der Waals surface area contributed by atoms with E-state index in [1.165, 1.54) is 28.9 Å². The highest BCUT2D eigenvalue weighted by Gasteiger charge is 2.20. The molecule has 0 amide bonds. The predicted octanol–water partition coefficient (Wildman–Crippen LogP) is 2.60. The second-order valence-corrected chi connectivity index (χ2v) is 4.23. The fraction of sp³-hybridized carbons (Fsp3) is 0.250. The van der Waals surface area contributed by atoms with E-state index in [2.05, 4.69) is 5.10 Å². The van der Waals surface area contributed by atoms with E-state index in [9.17, 15) is 9.50 Å². The molecule has 0 spiro atoms. The second-order valence-electron chi connectivity index (χ2n) is 3.87. The standard InChI is InChI=1S/C12H12ClFN2O/c1-7-10(12(13)16(2)15-7)11(17)8-3-5-9(14)6-4-8/h3-6,11,17H,1-2H3. The molecule has 1 aromatic carbocycles. The molecule has 17 heavy (non-hydrogen) atoms. The van der Waals surface area contributed by atoms with Crippen LogP contribution in [0.3, 0.4) is 0 Å². The van der Waals surface area contributed by atoms with Crippen molar-refractivity contribution in [3.8, 4) is 0 Å². The highest BCUT2D eigenvalue weighted by atomic mass is 35.5. The largest absolute Gasteiger partial charge is 0.383 e. The zero-order valence-electron chi connectivity index (χ0n) is 9.48. The number of hydrogen-bond acceptors (Lipinski definition) is 2. The minimum Gasteiger partial charge on any atom is -0.383 e. The van der Waals surface area contributed by atoms with Crippen LogP contribution in [-0.2, 0) is 7.05 Å². The molecular weight excluding hydrogens is 243 g/mol. The highest BCUT2D eigenvalue weighted by Crippen LogP contribution is 2.30. The van der Waals surface area contributed by atoms with E-state index in [0.717, 1.165) is 0 Å². The lowest BCUT2D eigenvalue weighted by Crippen LogP contribution is -2.01. The van der Waals surface area contributed by atoms with Crippen LogP contribution in [-0.4, -0.2) is 14.9 Å². The van der Waals surface area contributed by atoms with Crippen LogP contribution in [0.25, 0.3) is 0 Å². The molecule has 1 N–H and O–H groups in total. The van der Waals surface area contributed by atoms with Gasteiger partial charge < -0.3 is 5.11 Å². The molecule has 0 saturated heterocycles. The fourth-order valence-electron chi connectivity index (χ4n) is 1.77. The summed E-state index contributed by atoms with van der Waals surface area (Å²) in [4.78, 5) is 0. The lowest BCUT2D eigenvalue weighted by atomic mass is 10.0. The van der Waals surface area contributed by atoms with Gasteiger partial charge in [0.15, 0.2) is 0 Å². The van der Waals surface area contributed by atoms with Gasteiger partial charge in [0, 0.05) is 12.6 Å². The first-order valence-electron chi connectivity index (χ1n) is 5.13. The van der Waals surface area contributed by atoms with Gasteiger partial charge in [-0.2, -0.15) is 5.10 Å². The smallest absolute Gasteiger partial charge is 0.133 e. The number of aryl methyl sites for hydroxylation is 2. The van der Waals surface area contributed by atoms with Crippen molar-refractivity contribution < 1.29 is 9.50 Å². The van der Waals surface area contributed by atoms with Crippen molar-refractivity contribution in [3.63, 3.8) is 0 Å². The lowest BCUT2D eigenvalue weighted by Gasteiger charge is -2.10. The van der Waals surface area contributed by atoms with E-state index in [1.54, 1.807) is 14.0 Å². The molecule has 0 saturated carbocycles. The highest BCUT2D eigenvalue weighted by molar-refractivity contribution is 6.30. The third-order valence-electron chi connectivity index (χ3n) is 2.66. The number of benzene rings is 1. The number of aliphatic hydroxyl groups is 1. The van der Waals surface area contributed by atoms with Crippen LogP contribution >= 0.6 is 11.6 Å². The van der Waals surface area contributed by atoms with E-state index in [4.69, 9.17) is 11.6 Å². The van der Waals surface area contributed by atoms with Crippen LogP contribution in [0, 0.1) is 12.7 Å². The zero-order chi connectivity index (χ0) is 12.6. The van der Waals surface area contributed by atoms with Crippen molar-refractivity contribution >= 4 is 11.6 Å². The maximum absolute atomic E-state index is 12.8. The van der Waals surface area contributed by atoms with Crippen molar-refractivity contribution in [1.82, 2.24) is 9.78 Å². The molecule has 1 unspecified atom stereocenters. The van der Waals surface area contributed by atoms with Crippen molar-refractivity contribution in [2.75, 3.05) is 0 Å². The monoisotopic (exact) mass is 254 g/mol. The first-order chi connectivity index (χ1) is 8.00. The number of hydrogen-bond donors (Lipinski definition) is 1. The third kappa shape index (κ3) is 2.18. The zero-order valence-corrected chi connectivity index (χ0v) is 10.2. The molecule has 0 fully saturated rings. The SMILES string of the molecule is Cc1nn(C)c(Cl)c1C(O)c1ccc(F)cc1. The summed E-state index contributed by atoms with van der Waals surface area (Å²) in [6.07, 6.45) is -0.892. The van der Waals surface area contributed by atoms with Gasteiger partial charge in [-0.05, 0) is 24.6 Å². The number of aliphatic hydroxyl groups excluding tert-OH is 1. The molecule has 90 valence electrons. The van der Waals surface area contributed by atoms with Gasteiger partial charge in [0.1, 0.15) is 17.1 Å². The first kappa shape index (κ1) is 12.1. The lowest BCUT2D eigenvalue weighted by molar-refractivity contribution is 0.219. The predicted molar refractivity (Wildman–Crippen MR) is 63.4 cm³/mol. The quantitative estimate of drug-likeness (QED) is 0.895. The number of rotatable bonds is 2. The van der Waals surface area contributed by atoms with E-state index in [1.807, 2.05) is 0 Å². The second kappa shape index (κ2) is 4.47. The Morgan fingerprint density at radius 2 is 1.94 bits per heavy atom. The summed E-state index contributed by atoms with van der Waals surface area (Å²) in [6.45, 7) is 1.77. The van der Waals surface area contributed by atoms with E-state index < -0.39 is 6.10 Å². The topological polar surface area (TPSA) is 38.0 Å².